The lowest BCUT2D eigenvalue weighted by molar-refractivity contribution is -0.157. The van der Waals surface area contributed by atoms with Crippen molar-refractivity contribution in [2.45, 2.75) is 116 Å². The van der Waals surface area contributed by atoms with Crippen LogP contribution in [0.5, 0.6) is 0 Å². The fourth-order valence-electron chi connectivity index (χ4n) is 2.82. The van der Waals surface area contributed by atoms with Crippen molar-refractivity contribution in [3.63, 3.8) is 0 Å². The second kappa shape index (κ2) is 15.7. The van der Waals surface area contributed by atoms with Gasteiger partial charge in [-0.2, -0.15) is 0 Å². The van der Waals surface area contributed by atoms with E-state index in [2.05, 4.69) is 19.1 Å². The average Bonchev–Trinajstić information content (AvgIpc) is 2.54. The van der Waals surface area contributed by atoms with Crippen LogP contribution in [0.1, 0.15) is 110 Å². The first-order valence-electron chi connectivity index (χ1n) is 10.1. The van der Waals surface area contributed by atoms with Gasteiger partial charge in [-0.15, -0.1) is 0 Å². The van der Waals surface area contributed by atoms with Gasteiger partial charge in [0.1, 0.15) is 0 Å². The van der Waals surface area contributed by atoms with Crippen molar-refractivity contribution in [2.24, 2.45) is 0 Å². The van der Waals surface area contributed by atoms with Gasteiger partial charge in [0.05, 0.1) is 0 Å². The largest absolute Gasteiger partial charge is 0.479 e. The molecule has 0 saturated carbocycles. The quantitative estimate of drug-likeness (QED) is 0.243. The van der Waals surface area contributed by atoms with Gasteiger partial charge in [0, 0.05) is 0 Å². The van der Waals surface area contributed by atoms with E-state index in [1.807, 2.05) is 0 Å². The highest BCUT2D eigenvalue weighted by atomic mass is 16.4. The number of allylic oxidation sites excluding steroid dienone is 2. The highest BCUT2D eigenvalue weighted by Crippen LogP contribution is 2.16. The topological polar surface area (TPSA) is 57.5 Å². The van der Waals surface area contributed by atoms with E-state index >= 15 is 0 Å². The molecule has 0 aromatic rings. The molecule has 0 aliphatic heterocycles. The van der Waals surface area contributed by atoms with Gasteiger partial charge >= 0.3 is 5.97 Å². The van der Waals surface area contributed by atoms with Crippen molar-refractivity contribution >= 4 is 5.97 Å². The molecule has 142 valence electrons. The molecule has 0 radical (unpaired) electrons. The fourth-order valence-corrected chi connectivity index (χ4v) is 2.82. The van der Waals surface area contributed by atoms with Crippen LogP contribution in [0.15, 0.2) is 12.2 Å². The Morgan fingerprint density at radius 2 is 1.21 bits per heavy atom. The molecular weight excluding hydrogens is 300 g/mol. The van der Waals surface area contributed by atoms with E-state index in [-0.39, 0.29) is 0 Å². The molecule has 2 N–H and O–H groups in total. The molecule has 0 aromatic carbocycles. The summed E-state index contributed by atoms with van der Waals surface area (Å²) in [6.45, 7) is 3.64. The lowest BCUT2D eigenvalue weighted by Gasteiger charge is -2.17. The number of aliphatic hydroxyl groups is 1. The first kappa shape index (κ1) is 23.2. The maximum Gasteiger partial charge on any atom is 0.335 e. The van der Waals surface area contributed by atoms with Gasteiger partial charge in [-0.3, -0.25) is 0 Å². The van der Waals surface area contributed by atoms with Crippen LogP contribution >= 0.6 is 0 Å². The second-order valence-corrected chi connectivity index (χ2v) is 7.27. The van der Waals surface area contributed by atoms with Gasteiger partial charge in [-0.25, -0.2) is 4.79 Å². The Morgan fingerprint density at radius 3 is 1.67 bits per heavy atom. The minimum absolute atomic E-state index is 0.351. The van der Waals surface area contributed by atoms with Gasteiger partial charge < -0.3 is 10.2 Å². The predicted molar refractivity (Wildman–Crippen MR) is 102 cm³/mol. The van der Waals surface area contributed by atoms with Crippen LogP contribution in [0.4, 0.5) is 0 Å². The standard InChI is InChI=1S/C21H40O3/c1-3-4-5-6-7-8-9-10-11-12-13-14-15-16-17-18-19-21(2,24)20(22)23/h10-11,24H,3-9,12-19H2,1-2H3,(H,22,23)/b11-10+. The molecule has 0 aromatic heterocycles. The molecule has 0 fully saturated rings. The highest BCUT2D eigenvalue weighted by Gasteiger charge is 2.28. The number of rotatable bonds is 17. The number of unbranched alkanes of at least 4 members (excludes halogenated alkanes) is 12. The molecule has 0 heterocycles. The molecule has 0 amide bonds. The zero-order valence-electron chi connectivity index (χ0n) is 16.1. The number of hydrogen-bond donors (Lipinski definition) is 2. The van der Waals surface area contributed by atoms with Crippen LogP contribution in [0.25, 0.3) is 0 Å². The van der Waals surface area contributed by atoms with Crippen molar-refractivity contribution < 1.29 is 15.0 Å². The SMILES string of the molecule is CCCCCCCC/C=C/CCCCCCCCC(C)(O)C(=O)O. The van der Waals surface area contributed by atoms with E-state index in [9.17, 15) is 9.90 Å². The summed E-state index contributed by atoms with van der Waals surface area (Å²) in [5.74, 6) is -1.12. The van der Waals surface area contributed by atoms with Crippen LogP contribution in [0, 0.1) is 0 Å². The normalized spacial score (nSPS) is 14.1. The summed E-state index contributed by atoms with van der Waals surface area (Å²) in [5.41, 5.74) is -1.55. The Bertz CT molecular complexity index is 321. The molecule has 3 heteroatoms. The molecule has 0 aliphatic carbocycles. The lowest BCUT2D eigenvalue weighted by atomic mass is 9.98. The third kappa shape index (κ3) is 14.7. The number of aliphatic carboxylic acids is 1. The maximum atomic E-state index is 10.8. The van der Waals surface area contributed by atoms with Crippen molar-refractivity contribution in [3.05, 3.63) is 12.2 Å². The lowest BCUT2D eigenvalue weighted by Crippen LogP contribution is -2.34. The smallest absolute Gasteiger partial charge is 0.335 e. The molecule has 24 heavy (non-hydrogen) atoms. The maximum absolute atomic E-state index is 10.8. The third-order valence-electron chi connectivity index (χ3n) is 4.64. The van der Waals surface area contributed by atoms with Crippen LogP contribution in [0.3, 0.4) is 0 Å². The van der Waals surface area contributed by atoms with Crippen LogP contribution in [-0.4, -0.2) is 21.8 Å². The van der Waals surface area contributed by atoms with Crippen LogP contribution < -0.4 is 0 Å². The minimum Gasteiger partial charge on any atom is -0.479 e. The van der Waals surface area contributed by atoms with Gasteiger partial charge in [-0.05, 0) is 45.4 Å². The molecule has 0 rings (SSSR count). The molecular formula is C21H40O3. The molecule has 0 saturated heterocycles. The minimum atomic E-state index is -1.55. The summed E-state index contributed by atoms with van der Waals surface area (Å²) in [6, 6.07) is 0. The summed E-state index contributed by atoms with van der Waals surface area (Å²) in [6.07, 6.45) is 22.3. The molecule has 1 atom stereocenters. The zero-order valence-corrected chi connectivity index (χ0v) is 16.1. The summed E-state index contributed by atoms with van der Waals surface area (Å²) < 4.78 is 0. The third-order valence-corrected chi connectivity index (χ3v) is 4.64. The molecule has 0 spiro atoms. The number of carboxylic acid groups (broad SMARTS) is 1. The average molecular weight is 341 g/mol. The molecule has 0 bridgehead atoms. The van der Waals surface area contributed by atoms with E-state index in [0.717, 1.165) is 19.3 Å². The second-order valence-electron chi connectivity index (χ2n) is 7.27. The monoisotopic (exact) mass is 340 g/mol. The summed E-state index contributed by atoms with van der Waals surface area (Å²) in [7, 11) is 0. The molecule has 0 aliphatic rings. The Kier molecular flexibility index (Phi) is 15.1. The first-order valence-corrected chi connectivity index (χ1v) is 10.1. The Hall–Kier alpha value is -0.830. The van der Waals surface area contributed by atoms with E-state index in [1.54, 1.807) is 0 Å². The highest BCUT2D eigenvalue weighted by molar-refractivity contribution is 5.76. The summed E-state index contributed by atoms with van der Waals surface area (Å²) in [5, 5.41) is 18.4. The number of hydrogen-bond acceptors (Lipinski definition) is 2. The summed E-state index contributed by atoms with van der Waals surface area (Å²) in [4.78, 5) is 10.8. The van der Waals surface area contributed by atoms with Crippen LogP contribution in [-0.2, 0) is 4.79 Å². The van der Waals surface area contributed by atoms with Crippen molar-refractivity contribution in [2.75, 3.05) is 0 Å². The van der Waals surface area contributed by atoms with E-state index in [1.165, 1.54) is 77.6 Å². The zero-order chi connectivity index (χ0) is 18.1. The first-order chi connectivity index (χ1) is 11.5. The Balaban J connectivity index is 3.25. The van der Waals surface area contributed by atoms with Crippen molar-refractivity contribution in [1.82, 2.24) is 0 Å². The number of carboxylic acids is 1. The summed E-state index contributed by atoms with van der Waals surface area (Å²) >= 11 is 0. The number of carbonyl (C=O) groups is 1. The predicted octanol–water partition coefficient (Wildman–Crippen LogP) is 6.25. The van der Waals surface area contributed by atoms with Crippen molar-refractivity contribution in [1.29, 1.82) is 0 Å². The van der Waals surface area contributed by atoms with Gasteiger partial charge in [-0.1, -0.05) is 76.9 Å². The van der Waals surface area contributed by atoms with Gasteiger partial charge in [0.25, 0.3) is 0 Å². The Labute approximate surface area is 149 Å². The van der Waals surface area contributed by atoms with E-state index in [4.69, 9.17) is 5.11 Å². The van der Waals surface area contributed by atoms with E-state index < -0.39 is 11.6 Å². The fraction of sp³-hybridized carbons (Fsp3) is 0.857. The van der Waals surface area contributed by atoms with E-state index in [0.29, 0.717) is 6.42 Å². The Morgan fingerprint density at radius 1 is 0.792 bits per heavy atom. The molecule has 1 unspecified atom stereocenters. The van der Waals surface area contributed by atoms with Crippen LogP contribution in [0.2, 0.25) is 0 Å². The molecule has 3 nitrogen and oxygen atoms in total. The van der Waals surface area contributed by atoms with Crippen molar-refractivity contribution in [3.8, 4) is 0 Å². The van der Waals surface area contributed by atoms with Gasteiger partial charge in [0.2, 0.25) is 0 Å². The van der Waals surface area contributed by atoms with Gasteiger partial charge in [0.15, 0.2) is 5.60 Å².